The molecule has 0 unspecified atom stereocenters. The van der Waals surface area contributed by atoms with Gasteiger partial charge < -0.3 is 29.6 Å². The van der Waals surface area contributed by atoms with E-state index in [9.17, 15) is 9.59 Å². The Labute approximate surface area is 169 Å². The fourth-order valence-electron chi connectivity index (χ4n) is 3.28. The largest absolute Gasteiger partial charge is 0.497 e. The van der Waals surface area contributed by atoms with Crippen LogP contribution in [-0.2, 0) is 17.8 Å². The summed E-state index contributed by atoms with van der Waals surface area (Å²) in [7, 11) is 4.68. The second-order valence-corrected chi connectivity index (χ2v) is 6.56. The van der Waals surface area contributed by atoms with Gasteiger partial charge >= 0.3 is 0 Å². The first-order valence-corrected chi connectivity index (χ1v) is 9.09. The lowest BCUT2D eigenvalue weighted by Gasteiger charge is -2.29. The number of hydrogen-bond acceptors (Lipinski definition) is 6. The van der Waals surface area contributed by atoms with Crippen molar-refractivity contribution < 1.29 is 28.5 Å². The molecule has 1 aliphatic heterocycles. The van der Waals surface area contributed by atoms with Gasteiger partial charge in [-0.3, -0.25) is 9.59 Å². The first-order chi connectivity index (χ1) is 14.0. The van der Waals surface area contributed by atoms with Gasteiger partial charge in [0, 0.05) is 19.2 Å². The molecule has 2 aromatic carbocycles. The number of rotatable bonds is 7. The van der Waals surface area contributed by atoms with Crippen molar-refractivity contribution in [1.29, 1.82) is 0 Å². The third kappa shape index (κ3) is 4.37. The van der Waals surface area contributed by atoms with Crippen LogP contribution < -0.4 is 24.7 Å². The van der Waals surface area contributed by atoms with Gasteiger partial charge in [-0.25, -0.2) is 0 Å². The molecule has 0 fully saturated rings. The standard InChI is InChI=1S/C21H24N2O6/c1-26-15-4-5-16(21(22)25)17(10-15)29-12-20(24)23-7-6-13-8-18(27-2)19(28-3)9-14(13)11-23/h4-5,8-10H,6-7,11-12H2,1-3H3,(H2,22,25). The number of carbonyl (C=O) groups is 2. The van der Waals surface area contributed by atoms with Crippen LogP contribution in [0.4, 0.5) is 0 Å². The lowest BCUT2D eigenvalue weighted by molar-refractivity contribution is -0.134. The highest BCUT2D eigenvalue weighted by Gasteiger charge is 2.23. The minimum atomic E-state index is -0.636. The number of carbonyl (C=O) groups excluding carboxylic acids is 2. The average molecular weight is 400 g/mol. The minimum absolute atomic E-state index is 0.191. The van der Waals surface area contributed by atoms with Gasteiger partial charge in [-0.15, -0.1) is 0 Å². The fraction of sp³-hybridized carbons (Fsp3) is 0.333. The van der Waals surface area contributed by atoms with E-state index >= 15 is 0 Å². The third-order valence-electron chi connectivity index (χ3n) is 4.88. The number of nitrogens with zero attached hydrogens (tertiary/aromatic N) is 1. The highest BCUT2D eigenvalue weighted by molar-refractivity contribution is 5.96. The van der Waals surface area contributed by atoms with Crippen molar-refractivity contribution in [1.82, 2.24) is 4.90 Å². The number of methoxy groups -OCH3 is 3. The van der Waals surface area contributed by atoms with E-state index < -0.39 is 5.91 Å². The van der Waals surface area contributed by atoms with Crippen LogP contribution in [0.1, 0.15) is 21.5 Å². The summed E-state index contributed by atoms with van der Waals surface area (Å²) in [6, 6.07) is 8.50. The predicted octanol–water partition coefficient (Wildman–Crippen LogP) is 1.77. The Kier molecular flexibility index (Phi) is 6.11. The maximum Gasteiger partial charge on any atom is 0.260 e. The summed E-state index contributed by atoms with van der Waals surface area (Å²) in [6.07, 6.45) is 0.702. The van der Waals surface area contributed by atoms with Crippen LogP contribution >= 0.6 is 0 Å². The molecule has 29 heavy (non-hydrogen) atoms. The van der Waals surface area contributed by atoms with Crippen LogP contribution in [-0.4, -0.2) is 51.2 Å². The van der Waals surface area contributed by atoms with Gasteiger partial charge in [0.1, 0.15) is 11.5 Å². The first-order valence-electron chi connectivity index (χ1n) is 9.09. The summed E-state index contributed by atoms with van der Waals surface area (Å²) >= 11 is 0. The molecule has 0 saturated carbocycles. The van der Waals surface area contributed by atoms with E-state index in [4.69, 9.17) is 24.7 Å². The smallest absolute Gasteiger partial charge is 0.260 e. The molecule has 2 amide bonds. The van der Waals surface area contributed by atoms with E-state index in [0.29, 0.717) is 36.8 Å². The molecule has 0 saturated heterocycles. The molecule has 3 rings (SSSR count). The van der Waals surface area contributed by atoms with Gasteiger partial charge in [0.25, 0.3) is 11.8 Å². The summed E-state index contributed by atoms with van der Waals surface area (Å²) in [5.41, 5.74) is 7.70. The van der Waals surface area contributed by atoms with Crippen molar-refractivity contribution in [2.75, 3.05) is 34.5 Å². The molecule has 8 nitrogen and oxygen atoms in total. The second kappa shape index (κ2) is 8.72. The maximum atomic E-state index is 12.7. The summed E-state index contributed by atoms with van der Waals surface area (Å²) < 4.78 is 21.4. The Morgan fingerprint density at radius 3 is 2.28 bits per heavy atom. The summed E-state index contributed by atoms with van der Waals surface area (Å²) in [6.45, 7) is 0.792. The number of amides is 2. The molecule has 0 radical (unpaired) electrons. The topological polar surface area (TPSA) is 100 Å². The van der Waals surface area contributed by atoms with Crippen molar-refractivity contribution in [3.8, 4) is 23.0 Å². The van der Waals surface area contributed by atoms with E-state index in [1.165, 1.54) is 19.2 Å². The molecule has 2 N–H and O–H groups in total. The van der Waals surface area contributed by atoms with Gasteiger partial charge in [0.05, 0.1) is 26.9 Å². The monoisotopic (exact) mass is 400 g/mol. The van der Waals surface area contributed by atoms with Crippen molar-refractivity contribution >= 4 is 11.8 Å². The second-order valence-electron chi connectivity index (χ2n) is 6.56. The lowest BCUT2D eigenvalue weighted by atomic mass is 9.99. The molecule has 0 bridgehead atoms. The Morgan fingerprint density at radius 1 is 0.966 bits per heavy atom. The molecule has 0 spiro atoms. The minimum Gasteiger partial charge on any atom is -0.497 e. The molecule has 0 aliphatic carbocycles. The summed E-state index contributed by atoms with van der Waals surface area (Å²) in [4.78, 5) is 26.0. The van der Waals surface area contributed by atoms with Gasteiger partial charge in [-0.05, 0) is 41.8 Å². The third-order valence-corrected chi connectivity index (χ3v) is 4.88. The summed E-state index contributed by atoms with van der Waals surface area (Å²) in [5, 5.41) is 0. The number of ether oxygens (including phenoxy) is 4. The van der Waals surface area contributed by atoms with Gasteiger partial charge in [-0.1, -0.05) is 0 Å². The predicted molar refractivity (Wildman–Crippen MR) is 106 cm³/mol. The Bertz CT molecular complexity index is 928. The molecule has 1 heterocycles. The highest BCUT2D eigenvalue weighted by atomic mass is 16.5. The SMILES string of the molecule is COc1ccc(C(N)=O)c(OCC(=O)N2CCc3cc(OC)c(OC)cc3C2)c1. The van der Waals surface area contributed by atoms with Crippen LogP contribution in [0.3, 0.4) is 0 Å². The fourth-order valence-corrected chi connectivity index (χ4v) is 3.28. The quantitative estimate of drug-likeness (QED) is 0.760. The van der Waals surface area contributed by atoms with E-state index in [2.05, 4.69) is 0 Å². The number of benzene rings is 2. The van der Waals surface area contributed by atoms with Crippen molar-refractivity contribution in [2.45, 2.75) is 13.0 Å². The molecular weight excluding hydrogens is 376 g/mol. The molecular formula is C21H24N2O6. The zero-order chi connectivity index (χ0) is 21.0. The Morgan fingerprint density at radius 2 is 1.66 bits per heavy atom. The molecule has 154 valence electrons. The van der Waals surface area contributed by atoms with E-state index in [1.807, 2.05) is 12.1 Å². The maximum absolute atomic E-state index is 12.7. The highest BCUT2D eigenvalue weighted by Crippen LogP contribution is 2.33. The molecule has 1 aliphatic rings. The zero-order valence-electron chi connectivity index (χ0n) is 16.7. The number of fused-ring (bicyclic) bond motifs is 1. The molecule has 0 atom stereocenters. The lowest BCUT2D eigenvalue weighted by Crippen LogP contribution is -2.39. The van der Waals surface area contributed by atoms with Crippen LogP contribution in [0.25, 0.3) is 0 Å². The normalized spacial score (nSPS) is 12.7. The van der Waals surface area contributed by atoms with Gasteiger partial charge in [0.15, 0.2) is 18.1 Å². The first kappa shape index (κ1) is 20.3. The number of nitrogens with two attached hydrogens (primary N) is 1. The molecule has 8 heteroatoms. The van der Waals surface area contributed by atoms with Crippen LogP contribution in [0.2, 0.25) is 0 Å². The van der Waals surface area contributed by atoms with Crippen LogP contribution in [0.15, 0.2) is 30.3 Å². The molecule has 0 aromatic heterocycles. The average Bonchev–Trinajstić information content (AvgIpc) is 2.75. The van der Waals surface area contributed by atoms with E-state index in [0.717, 1.165) is 11.1 Å². The van der Waals surface area contributed by atoms with Gasteiger partial charge in [-0.2, -0.15) is 0 Å². The van der Waals surface area contributed by atoms with Crippen molar-refractivity contribution in [3.05, 3.63) is 47.0 Å². The Balaban J connectivity index is 1.71. The zero-order valence-corrected chi connectivity index (χ0v) is 16.7. The summed E-state index contributed by atoms with van der Waals surface area (Å²) in [5.74, 6) is 1.19. The van der Waals surface area contributed by atoms with Crippen molar-refractivity contribution in [3.63, 3.8) is 0 Å². The number of hydrogen-bond donors (Lipinski definition) is 1. The number of primary amides is 1. The van der Waals surface area contributed by atoms with E-state index in [-0.39, 0.29) is 23.8 Å². The Hall–Kier alpha value is -3.42. The van der Waals surface area contributed by atoms with Crippen LogP contribution in [0.5, 0.6) is 23.0 Å². The molecule has 2 aromatic rings. The van der Waals surface area contributed by atoms with Gasteiger partial charge in [0.2, 0.25) is 0 Å². The van der Waals surface area contributed by atoms with Crippen molar-refractivity contribution in [2.24, 2.45) is 5.73 Å². The van der Waals surface area contributed by atoms with E-state index in [1.54, 1.807) is 25.2 Å². The van der Waals surface area contributed by atoms with Crippen LogP contribution in [0, 0.1) is 0 Å².